The third-order valence-electron chi connectivity index (χ3n) is 4.03. The molecule has 2 N–H and O–H groups in total. The van der Waals surface area contributed by atoms with Crippen molar-refractivity contribution >= 4 is 22.4 Å². The van der Waals surface area contributed by atoms with Gasteiger partial charge in [0.05, 0.1) is 5.71 Å². The molecule has 0 bridgehead atoms. The molecule has 132 valence electrons. The van der Waals surface area contributed by atoms with Crippen LogP contribution in [0.3, 0.4) is 0 Å². The quantitative estimate of drug-likeness (QED) is 0.543. The van der Waals surface area contributed by atoms with Crippen LogP contribution in [0.25, 0.3) is 10.8 Å². The Bertz CT molecular complexity index is 966. The summed E-state index contributed by atoms with van der Waals surface area (Å²) in [4.78, 5) is 12.2. The fourth-order valence-corrected chi connectivity index (χ4v) is 2.57. The minimum atomic E-state index is -0.711. The molecule has 3 aromatic carbocycles. The van der Waals surface area contributed by atoms with Gasteiger partial charge >= 0.3 is 0 Å². The zero-order chi connectivity index (χ0) is 18.5. The lowest BCUT2D eigenvalue weighted by Gasteiger charge is -2.14. The van der Waals surface area contributed by atoms with E-state index in [1.807, 2.05) is 42.5 Å². The lowest BCUT2D eigenvalue weighted by Crippen LogP contribution is -2.33. The predicted molar refractivity (Wildman–Crippen MR) is 102 cm³/mol. The Balaban J connectivity index is 1.65. The third kappa shape index (κ3) is 4.00. The molecule has 3 aromatic rings. The van der Waals surface area contributed by atoms with Gasteiger partial charge in [-0.05, 0) is 48.9 Å². The van der Waals surface area contributed by atoms with Gasteiger partial charge in [0.25, 0.3) is 5.91 Å². The molecule has 5 heteroatoms. The molecule has 0 aromatic heterocycles. The average Bonchev–Trinajstić information content (AvgIpc) is 2.66. The van der Waals surface area contributed by atoms with Crippen molar-refractivity contribution in [2.24, 2.45) is 5.10 Å². The molecule has 0 aliphatic carbocycles. The maximum atomic E-state index is 12.2. The molecule has 0 radical (unpaired) electrons. The summed E-state index contributed by atoms with van der Waals surface area (Å²) in [5.41, 5.74) is 3.55. The monoisotopic (exact) mass is 348 g/mol. The Kier molecular flexibility index (Phi) is 5.17. The number of carbonyl (C=O) groups excluding carboxylic acids is 1. The van der Waals surface area contributed by atoms with Crippen LogP contribution in [-0.2, 0) is 4.79 Å². The van der Waals surface area contributed by atoms with Crippen LogP contribution < -0.4 is 10.2 Å². The second-order valence-corrected chi connectivity index (χ2v) is 5.96. The van der Waals surface area contributed by atoms with Crippen LogP contribution in [0.4, 0.5) is 0 Å². The van der Waals surface area contributed by atoms with Crippen LogP contribution >= 0.6 is 0 Å². The van der Waals surface area contributed by atoms with Gasteiger partial charge in [0.1, 0.15) is 11.5 Å². The Morgan fingerprint density at radius 1 is 1.04 bits per heavy atom. The van der Waals surface area contributed by atoms with Gasteiger partial charge in [-0.25, -0.2) is 5.43 Å². The predicted octanol–water partition coefficient (Wildman–Crippen LogP) is 3.85. The Morgan fingerprint density at radius 2 is 1.73 bits per heavy atom. The van der Waals surface area contributed by atoms with Gasteiger partial charge in [-0.2, -0.15) is 5.10 Å². The van der Waals surface area contributed by atoms with E-state index < -0.39 is 6.10 Å². The Hall–Kier alpha value is -3.34. The van der Waals surface area contributed by atoms with Crippen LogP contribution in [0.1, 0.15) is 19.4 Å². The highest BCUT2D eigenvalue weighted by Crippen LogP contribution is 2.21. The topological polar surface area (TPSA) is 70.9 Å². The van der Waals surface area contributed by atoms with E-state index in [4.69, 9.17) is 4.74 Å². The fourth-order valence-electron chi connectivity index (χ4n) is 2.57. The van der Waals surface area contributed by atoms with Crippen molar-refractivity contribution < 1.29 is 14.6 Å². The van der Waals surface area contributed by atoms with Crippen LogP contribution in [0.2, 0.25) is 0 Å². The number of hydrazone groups is 1. The molecular weight excluding hydrogens is 328 g/mol. The molecule has 1 unspecified atom stereocenters. The molecule has 0 fully saturated rings. The van der Waals surface area contributed by atoms with Gasteiger partial charge in [0.15, 0.2) is 6.10 Å². The minimum absolute atomic E-state index is 0.114. The standard InChI is InChI=1S/C21H20N2O3/c1-14(19-9-5-6-10-20(19)24)22-23-21(25)15(2)26-18-12-11-16-7-3-4-8-17(16)13-18/h3-13,15,24H,1-2H3,(H,23,25)/b22-14+. The second kappa shape index (κ2) is 7.70. The number of rotatable bonds is 5. The highest BCUT2D eigenvalue weighted by atomic mass is 16.5. The van der Waals surface area contributed by atoms with E-state index >= 15 is 0 Å². The van der Waals surface area contributed by atoms with E-state index in [-0.39, 0.29) is 11.7 Å². The number of phenols is 1. The SMILES string of the molecule is C/C(=N\NC(=O)C(C)Oc1ccc2ccccc2c1)c1ccccc1O. The molecule has 3 rings (SSSR count). The van der Waals surface area contributed by atoms with Crippen molar-refractivity contribution in [1.29, 1.82) is 0 Å². The molecule has 0 aliphatic heterocycles. The number of phenolic OH excluding ortho intramolecular Hbond substituents is 1. The third-order valence-corrected chi connectivity index (χ3v) is 4.03. The summed E-state index contributed by atoms with van der Waals surface area (Å²) in [6.45, 7) is 3.37. The normalized spacial score (nSPS) is 12.6. The summed E-state index contributed by atoms with van der Waals surface area (Å²) in [6, 6.07) is 20.5. The molecular formula is C21H20N2O3. The van der Waals surface area contributed by atoms with Crippen molar-refractivity contribution in [2.45, 2.75) is 20.0 Å². The first-order valence-electron chi connectivity index (χ1n) is 8.32. The van der Waals surface area contributed by atoms with Crippen molar-refractivity contribution in [3.05, 3.63) is 72.3 Å². The summed E-state index contributed by atoms with van der Waals surface area (Å²) in [5.74, 6) is 0.365. The largest absolute Gasteiger partial charge is 0.507 e. The van der Waals surface area contributed by atoms with E-state index in [2.05, 4.69) is 10.5 Å². The summed E-state index contributed by atoms with van der Waals surface area (Å²) < 4.78 is 5.72. The number of benzene rings is 3. The van der Waals surface area contributed by atoms with Gasteiger partial charge in [0, 0.05) is 5.56 Å². The Morgan fingerprint density at radius 3 is 2.50 bits per heavy atom. The summed E-state index contributed by atoms with van der Waals surface area (Å²) in [6.07, 6.45) is -0.711. The molecule has 1 amide bonds. The van der Waals surface area contributed by atoms with Crippen LogP contribution in [0.15, 0.2) is 71.8 Å². The maximum absolute atomic E-state index is 12.2. The molecule has 0 spiro atoms. The number of ether oxygens (including phenoxy) is 1. The number of carbonyl (C=O) groups is 1. The zero-order valence-electron chi connectivity index (χ0n) is 14.6. The number of para-hydroxylation sites is 1. The summed E-state index contributed by atoms with van der Waals surface area (Å²) >= 11 is 0. The van der Waals surface area contributed by atoms with Gasteiger partial charge in [-0.15, -0.1) is 0 Å². The van der Waals surface area contributed by atoms with E-state index in [1.165, 1.54) is 0 Å². The number of amides is 1. The molecule has 26 heavy (non-hydrogen) atoms. The van der Waals surface area contributed by atoms with E-state index in [9.17, 15) is 9.90 Å². The number of nitrogens with zero attached hydrogens (tertiary/aromatic N) is 1. The number of hydrogen-bond donors (Lipinski definition) is 2. The minimum Gasteiger partial charge on any atom is -0.507 e. The molecule has 0 heterocycles. The first kappa shape index (κ1) is 17.5. The number of hydrogen-bond acceptors (Lipinski definition) is 4. The van der Waals surface area contributed by atoms with Crippen LogP contribution in [0, 0.1) is 0 Å². The molecule has 1 atom stereocenters. The number of fused-ring (bicyclic) bond motifs is 1. The van der Waals surface area contributed by atoms with Gasteiger partial charge in [-0.3, -0.25) is 4.79 Å². The second-order valence-electron chi connectivity index (χ2n) is 5.96. The van der Waals surface area contributed by atoms with Gasteiger partial charge in [0.2, 0.25) is 0 Å². The fraction of sp³-hybridized carbons (Fsp3) is 0.143. The van der Waals surface area contributed by atoms with Crippen LogP contribution in [-0.4, -0.2) is 22.8 Å². The van der Waals surface area contributed by atoms with Crippen molar-refractivity contribution in [2.75, 3.05) is 0 Å². The highest BCUT2D eigenvalue weighted by Gasteiger charge is 2.15. The van der Waals surface area contributed by atoms with Crippen molar-refractivity contribution in [3.63, 3.8) is 0 Å². The number of aromatic hydroxyl groups is 1. The van der Waals surface area contributed by atoms with E-state index in [0.29, 0.717) is 17.0 Å². The maximum Gasteiger partial charge on any atom is 0.280 e. The Labute approximate surface area is 151 Å². The summed E-state index contributed by atoms with van der Waals surface area (Å²) in [5, 5.41) is 16.0. The lowest BCUT2D eigenvalue weighted by atomic mass is 10.1. The number of nitrogens with one attached hydrogen (secondary N) is 1. The smallest absolute Gasteiger partial charge is 0.280 e. The molecule has 0 saturated carbocycles. The van der Waals surface area contributed by atoms with Crippen molar-refractivity contribution in [1.82, 2.24) is 5.43 Å². The van der Waals surface area contributed by atoms with Gasteiger partial charge in [-0.1, -0.05) is 42.5 Å². The van der Waals surface area contributed by atoms with Crippen LogP contribution in [0.5, 0.6) is 11.5 Å². The van der Waals surface area contributed by atoms with Gasteiger partial charge < -0.3 is 9.84 Å². The average molecular weight is 348 g/mol. The first-order valence-corrected chi connectivity index (χ1v) is 8.32. The van der Waals surface area contributed by atoms with Crippen molar-refractivity contribution in [3.8, 4) is 11.5 Å². The van der Waals surface area contributed by atoms with E-state index in [0.717, 1.165) is 10.8 Å². The lowest BCUT2D eigenvalue weighted by molar-refractivity contribution is -0.127. The zero-order valence-corrected chi connectivity index (χ0v) is 14.6. The molecule has 5 nitrogen and oxygen atoms in total. The first-order chi connectivity index (χ1) is 12.5. The van der Waals surface area contributed by atoms with E-state index in [1.54, 1.807) is 38.1 Å². The highest BCUT2D eigenvalue weighted by molar-refractivity contribution is 6.01. The summed E-state index contributed by atoms with van der Waals surface area (Å²) in [7, 11) is 0. The molecule has 0 saturated heterocycles. The molecule has 0 aliphatic rings.